The molecule has 0 spiro atoms. The van der Waals surface area contributed by atoms with Crippen molar-refractivity contribution < 1.29 is 14.3 Å². The number of nitrogens with one attached hydrogen (secondary N) is 1. The predicted octanol–water partition coefficient (Wildman–Crippen LogP) is 4.12. The van der Waals surface area contributed by atoms with Crippen LogP contribution in [0.2, 0.25) is 5.02 Å². The van der Waals surface area contributed by atoms with Crippen LogP contribution in [0.15, 0.2) is 48.5 Å². The lowest BCUT2D eigenvalue weighted by Gasteiger charge is -2.39. The van der Waals surface area contributed by atoms with Gasteiger partial charge < -0.3 is 15.0 Å². The number of carbonyl (C=O) groups is 2. The van der Waals surface area contributed by atoms with Crippen LogP contribution in [0, 0.1) is 5.92 Å². The van der Waals surface area contributed by atoms with E-state index in [1.165, 1.54) is 0 Å². The third-order valence-electron chi connectivity index (χ3n) is 5.92. The molecule has 1 N–H and O–H groups in total. The predicted molar refractivity (Wildman–Crippen MR) is 122 cm³/mol. The molecule has 2 aliphatic heterocycles. The van der Waals surface area contributed by atoms with Gasteiger partial charge in [-0.1, -0.05) is 35.9 Å². The van der Waals surface area contributed by atoms with Gasteiger partial charge in [-0.25, -0.2) is 4.79 Å². The number of carbonyl (C=O) groups excluding carboxylic acids is 2. The first kappa shape index (κ1) is 21.5. The zero-order valence-electron chi connectivity index (χ0n) is 17.7. The first-order valence-electron chi connectivity index (χ1n) is 10.9. The lowest BCUT2D eigenvalue weighted by Crippen LogP contribution is -2.52. The molecule has 2 aromatic rings. The van der Waals surface area contributed by atoms with Crippen molar-refractivity contribution in [3.8, 4) is 5.75 Å². The van der Waals surface area contributed by atoms with Crippen LogP contribution in [0.3, 0.4) is 0 Å². The van der Waals surface area contributed by atoms with Gasteiger partial charge >= 0.3 is 6.03 Å². The molecule has 6 nitrogen and oxygen atoms in total. The second-order valence-electron chi connectivity index (χ2n) is 8.22. The fourth-order valence-corrected chi connectivity index (χ4v) is 4.33. The molecule has 0 aliphatic carbocycles. The molecule has 1 atom stereocenters. The summed E-state index contributed by atoms with van der Waals surface area (Å²) in [5, 5.41) is 3.75. The number of fused-ring (bicyclic) bond motifs is 1. The number of hydrogen-bond donors (Lipinski definition) is 1. The Hall–Kier alpha value is -2.73. The molecular formula is C24H28ClN3O3. The first-order valence-corrected chi connectivity index (χ1v) is 11.2. The molecule has 164 valence electrons. The molecular weight excluding hydrogens is 414 g/mol. The summed E-state index contributed by atoms with van der Waals surface area (Å²) < 4.78 is 5.85. The number of rotatable bonds is 4. The molecule has 0 aromatic heterocycles. The summed E-state index contributed by atoms with van der Waals surface area (Å²) in [4.78, 5) is 29.4. The van der Waals surface area contributed by atoms with Gasteiger partial charge in [0.2, 0.25) is 5.91 Å². The van der Waals surface area contributed by atoms with E-state index in [2.05, 4.69) is 5.32 Å². The number of nitrogens with zero attached hydrogens (tertiary/aromatic N) is 2. The zero-order valence-corrected chi connectivity index (χ0v) is 18.5. The highest BCUT2D eigenvalue weighted by Crippen LogP contribution is 2.34. The molecule has 2 aromatic carbocycles. The fraction of sp³-hybridized carbons (Fsp3) is 0.417. The monoisotopic (exact) mass is 441 g/mol. The van der Waals surface area contributed by atoms with Crippen LogP contribution >= 0.6 is 11.6 Å². The van der Waals surface area contributed by atoms with Gasteiger partial charge in [-0.3, -0.25) is 9.69 Å². The van der Waals surface area contributed by atoms with Gasteiger partial charge in [0.05, 0.1) is 12.2 Å². The lowest BCUT2D eigenvalue weighted by atomic mass is 9.96. The van der Waals surface area contributed by atoms with Crippen LogP contribution < -0.4 is 15.0 Å². The minimum Gasteiger partial charge on any atom is -0.487 e. The Balaban J connectivity index is 1.27. The number of hydrogen-bond acceptors (Lipinski definition) is 3. The first-order chi connectivity index (χ1) is 15.0. The number of para-hydroxylation sites is 2. The van der Waals surface area contributed by atoms with Crippen molar-refractivity contribution in [3.05, 3.63) is 59.1 Å². The third-order valence-corrected chi connectivity index (χ3v) is 6.17. The number of likely N-dealkylation sites (tertiary alicyclic amines) is 1. The Morgan fingerprint density at radius 1 is 1.10 bits per heavy atom. The Bertz CT molecular complexity index is 926. The van der Waals surface area contributed by atoms with Crippen LogP contribution in [0.1, 0.15) is 25.3 Å². The van der Waals surface area contributed by atoms with Gasteiger partial charge in [0, 0.05) is 30.6 Å². The summed E-state index contributed by atoms with van der Waals surface area (Å²) in [5.74, 6) is 0.765. The van der Waals surface area contributed by atoms with E-state index in [9.17, 15) is 9.59 Å². The van der Waals surface area contributed by atoms with E-state index < -0.39 is 0 Å². The standard InChI is InChI=1S/C24H28ClN3O3/c1-17-16-28(21-4-2-3-5-22(21)31-17)24(30)27-14-11-19(12-15-27)23(29)26-13-10-18-6-8-20(25)9-7-18/h2-9,17,19H,10-16H2,1H3,(H,26,29)/t17-/m0/s1. The summed E-state index contributed by atoms with van der Waals surface area (Å²) in [6.45, 7) is 4.27. The van der Waals surface area contributed by atoms with Gasteiger partial charge in [0.1, 0.15) is 11.9 Å². The molecule has 0 bridgehead atoms. The van der Waals surface area contributed by atoms with Gasteiger partial charge in [-0.05, 0) is 56.0 Å². The Kier molecular flexibility index (Phi) is 6.66. The van der Waals surface area contributed by atoms with E-state index in [1.54, 1.807) is 4.90 Å². The van der Waals surface area contributed by atoms with Gasteiger partial charge in [0.15, 0.2) is 0 Å². The molecule has 4 rings (SSSR count). The maximum atomic E-state index is 13.2. The number of benzene rings is 2. The number of halogens is 1. The topological polar surface area (TPSA) is 61.9 Å². The quantitative estimate of drug-likeness (QED) is 0.776. The van der Waals surface area contributed by atoms with E-state index >= 15 is 0 Å². The maximum absolute atomic E-state index is 13.2. The molecule has 1 fully saturated rings. The van der Waals surface area contributed by atoms with E-state index in [4.69, 9.17) is 16.3 Å². The van der Waals surface area contributed by atoms with Crippen LogP contribution in [-0.2, 0) is 11.2 Å². The van der Waals surface area contributed by atoms with Gasteiger partial charge in [0.25, 0.3) is 0 Å². The number of piperidine rings is 1. The van der Waals surface area contributed by atoms with Crippen molar-refractivity contribution in [3.63, 3.8) is 0 Å². The highest BCUT2D eigenvalue weighted by molar-refractivity contribution is 6.30. The van der Waals surface area contributed by atoms with E-state index in [0.717, 1.165) is 23.4 Å². The lowest BCUT2D eigenvalue weighted by molar-refractivity contribution is -0.126. The maximum Gasteiger partial charge on any atom is 0.324 e. The van der Waals surface area contributed by atoms with Crippen molar-refractivity contribution >= 4 is 29.2 Å². The van der Waals surface area contributed by atoms with Crippen molar-refractivity contribution in [2.75, 3.05) is 31.1 Å². The Morgan fingerprint density at radius 3 is 2.55 bits per heavy atom. The van der Waals surface area contributed by atoms with E-state index in [-0.39, 0.29) is 24.0 Å². The molecule has 31 heavy (non-hydrogen) atoms. The van der Waals surface area contributed by atoms with E-state index in [1.807, 2.05) is 60.4 Å². The molecule has 0 radical (unpaired) electrons. The van der Waals surface area contributed by atoms with Gasteiger partial charge in [-0.2, -0.15) is 0 Å². The summed E-state index contributed by atoms with van der Waals surface area (Å²) >= 11 is 5.91. The van der Waals surface area contributed by atoms with Crippen molar-refractivity contribution in [2.24, 2.45) is 5.92 Å². The SMILES string of the molecule is C[C@H]1CN(C(=O)N2CCC(C(=O)NCCc3ccc(Cl)cc3)CC2)c2ccccc2O1. The van der Waals surface area contributed by atoms with Crippen molar-refractivity contribution in [1.82, 2.24) is 10.2 Å². The molecule has 3 amide bonds. The molecule has 2 heterocycles. The summed E-state index contributed by atoms with van der Waals surface area (Å²) in [6, 6.07) is 15.3. The number of amides is 3. The van der Waals surface area contributed by atoms with Crippen LogP contribution in [0.4, 0.5) is 10.5 Å². The number of urea groups is 1. The summed E-state index contributed by atoms with van der Waals surface area (Å²) in [6.07, 6.45) is 2.08. The molecule has 2 aliphatic rings. The largest absolute Gasteiger partial charge is 0.487 e. The Morgan fingerprint density at radius 2 is 1.81 bits per heavy atom. The Labute approximate surface area is 188 Å². The van der Waals surface area contributed by atoms with Crippen molar-refractivity contribution in [2.45, 2.75) is 32.3 Å². The molecule has 7 heteroatoms. The van der Waals surface area contributed by atoms with Gasteiger partial charge in [-0.15, -0.1) is 0 Å². The minimum atomic E-state index is -0.0530. The second-order valence-corrected chi connectivity index (χ2v) is 8.65. The average molecular weight is 442 g/mol. The number of ether oxygens (including phenoxy) is 1. The van der Waals surface area contributed by atoms with Crippen LogP contribution in [-0.4, -0.2) is 49.1 Å². The smallest absolute Gasteiger partial charge is 0.324 e. The summed E-state index contributed by atoms with van der Waals surface area (Å²) in [5.41, 5.74) is 1.96. The molecule has 0 saturated carbocycles. The zero-order chi connectivity index (χ0) is 21.8. The number of anilines is 1. The highest BCUT2D eigenvalue weighted by Gasteiger charge is 2.33. The second kappa shape index (κ2) is 9.60. The third kappa shape index (κ3) is 5.13. The van der Waals surface area contributed by atoms with E-state index in [0.29, 0.717) is 44.0 Å². The van der Waals surface area contributed by atoms with Crippen LogP contribution in [0.5, 0.6) is 5.75 Å². The average Bonchev–Trinajstić information content (AvgIpc) is 2.79. The normalized spacial score (nSPS) is 18.8. The fourth-order valence-electron chi connectivity index (χ4n) is 4.20. The van der Waals surface area contributed by atoms with Crippen LogP contribution in [0.25, 0.3) is 0 Å². The van der Waals surface area contributed by atoms with Crippen molar-refractivity contribution in [1.29, 1.82) is 0 Å². The molecule has 1 saturated heterocycles. The minimum absolute atomic E-state index is 0.0100. The molecule has 0 unspecified atom stereocenters. The highest BCUT2D eigenvalue weighted by atomic mass is 35.5. The summed E-state index contributed by atoms with van der Waals surface area (Å²) in [7, 11) is 0.